The fraction of sp³-hybridized carbons (Fsp3) is 0.287. The summed E-state index contributed by atoms with van der Waals surface area (Å²) >= 11 is 19.5. The highest BCUT2D eigenvalue weighted by Crippen LogP contribution is 2.45. The van der Waals surface area contributed by atoms with E-state index in [1.165, 1.54) is 116 Å². The van der Waals surface area contributed by atoms with E-state index in [1.54, 1.807) is 37.1 Å². The van der Waals surface area contributed by atoms with Gasteiger partial charge in [0.05, 0.1) is 50.1 Å². The topological polar surface area (TPSA) is 175 Å². The number of fused-ring (bicyclic) bond motifs is 15. The predicted octanol–water partition coefficient (Wildman–Crippen LogP) is 25.7. The Labute approximate surface area is 746 Å². The Bertz CT molecular complexity index is 6290. The first kappa shape index (κ1) is 86.9. The number of unbranched alkanes of at least 4 members (excludes halogenated alkanes) is 2. The summed E-state index contributed by atoms with van der Waals surface area (Å²) in [5.74, 6) is 0.629. The normalized spacial score (nSPS) is 17.2. The third-order valence-corrected chi connectivity index (χ3v) is 25.9. The van der Waals surface area contributed by atoms with Crippen LogP contribution in [-0.4, -0.2) is 105 Å². The third-order valence-electron chi connectivity index (χ3n) is 24.4. The number of benzene rings is 10. The number of carbonyl (C=O) groups excluding carboxylic acids is 2. The van der Waals surface area contributed by atoms with Crippen molar-refractivity contribution in [3.63, 3.8) is 0 Å². The van der Waals surface area contributed by atoms with Crippen molar-refractivity contribution in [2.24, 2.45) is 0 Å². The van der Waals surface area contributed by atoms with Crippen molar-refractivity contribution in [3.05, 3.63) is 344 Å². The molecular formula is C101H100Br2Cl2F4N10O5. The van der Waals surface area contributed by atoms with Gasteiger partial charge in [0, 0.05) is 141 Å². The summed E-state index contributed by atoms with van der Waals surface area (Å²) in [5, 5.41) is 14.3. The number of aromatic nitrogens is 5. The van der Waals surface area contributed by atoms with E-state index in [-0.39, 0.29) is 42.2 Å². The molecule has 5 aliphatic rings. The number of ether oxygens (including phenoxy) is 3. The fourth-order valence-corrected chi connectivity index (χ4v) is 19.6. The number of nitrogens with one attached hydrogen (secondary N) is 7. The lowest BCUT2D eigenvalue weighted by atomic mass is 9.92. The summed E-state index contributed by atoms with van der Waals surface area (Å²) in [4.78, 5) is 49.1. The average Bonchev–Trinajstić information content (AvgIpc) is 1.62. The van der Waals surface area contributed by atoms with Gasteiger partial charge in [-0.1, -0.05) is 196 Å². The molecule has 10 heterocycles. The molecule has 20 rings (SSSR count). The molecular weight excluding hydrogens is 1740 g/mol. The van der Waals surface area contributed by atoms with Crippen LogP contribution < -0.4 is 15.4 Å². The van der Waals surface area contributed by atoms with Gasteiger partial charge >= 0.3 is 18.4 Å². The van der Waals surface area contributed by atoms with Crippen LogP contribution in [0.3, 0.4) is 0 Å². The van der Waals surface area contributed by atoms with Crippen LogP contribution in [0, 0.1) is 12.7 Å². The summed E-state index contributed by atoms with van der Waals surface area (Å²) in [5.41, 5.74) is 23.4. The van der Waals surface area contributed by atoms with Gasteiger partial charge in [-0.2, -0.15) is 13.2 Å². The van der Waals surface area contributed by atoms with E-state index in [0.29, 0.717) is 44.3 Å². The number of halogens is 8. The molecule has 0 saturated carbocycles. The van der Waals surface area contributed by atoms with Gasteiger partial charge in [0.25, 0.3) is 0 Å². The second-order valence-corrected chi connectivity index (χ2v) is 34.9. The Kier molecular flexibility index (Phi) is 27.2. The zero-order valence-corrected chi connectivity index (χ0v) is 74.6. The van der Waals surface area contributed by atoms with Crippen molar-refractivity contribution in [2.45, 2.75) is 135 Å². The van der Waals surface area contributed by atoms with E-state index in [4.69, 9.17) is 37.4 Å². The van der Waals surface area contributed by atoms with Gasteiger partial charge in [0.15, 0.2) is 0 Å². The number of aryl methyl sites for hydroxylation is 1. The minimum absolute atomic E-state index is 0.0497. The maximum atomic E-state index is 13.8. The Balaban J connectivity index is 0.000000115. The van der Waals surface area contributed by atoms with Gasteiger partial charge in [0.2, 0.25) is 0 Å². The van der Waals surface area contributed by atoms with Crippen molar-refractivity contribution in [1.82, 2.24) is 50.3 Å². The number of nitrogens with zero attached hydrogens (tertiary/aromatic N) is 3. The molecule has 5 unspecified atom stereocenters. The molecule has 0 saturated heterocycles. The standard InChI is InChI=1S/C23H27ClN2.C21H21BrN2O2.C21H21FN2O2.C18H14BrF3N2.C18H17ClN2O/c1-2-3-5-10-22-23-19(20-15-18(24)11-12-21(20)25-23)13-14-26(22)16-17-8-6-4-7-9-17;1-2-26-21(25)24-11-10-16-17-13-15(22)8-9-18(17)23-20(16)19(24)12-14-6-4-3-5-7-14;1-3-26-21(25)24-11-10-16-17-12-15(22)8-9-18(17)23-19(16)20(24)14-6-4-13(2)5-7-14;19-12-4-5-15-14(9-12)13-6-7-23-16(17(13)24-15)10-2-1-3-11(8-10)18(20,21)22;1-22-13-4-2-3-11(9-13)17-18-14(7-8-20-17)15-10-12(19)5-6-16(15)21-18/h4,6-9,11-12,15,22,25H,2-3,5,10,13-14,16H2,1H3;3-9,13,19,23H,2,10-12H2,1H3;4-9,12,20,23H,3,10-11H2,1-2H3;1-5,8-9,16,23-24H,6-7H2;2-6,9-10,17,20-21H,7-8H2,1H3. The van der Waals surface area contributed by atoms with Crippen LogP contribution in [0.15, 0.2) is 233 Å². The molecule has 0 bridgehead atoms. The highest BCUT2D eigenvalue weighted by molar-refractivity contribution is 9.10. The van der Waals surface area contributed by atoms with Crippen molar-refractivity contribution in [3.8, 4) is 5.75 Å². The monoisotopic (exact) mass is 1840 g/mol. The second kappa shape index (κ2) is 38.9. The largest absolute Gasteiger partial charge is 0.497 e. The van der Waals surface area contributed by atoms with Gasteiger partial charge in [-0.15, -0.1) is 0 Å². The van der Waals surface area contributed by atoms with E-state index >= 15 is 0 Å². The predicted molar refractivity (Wildman–Crippen MR) is 497 cm³/mol. The molecule has 640 valence electrons. The number of carbonyl (C=O) groups is 2. The second-order valence-electron chi connectivity index (χ2n) is 32.2. The lowest BCUT2D eigenvalue weighted by Gasteiger charge is -2.36. The van der Waals surface area contributed by atoms with Crippen LogP contribution in [0.5, 0.6) is 5.75 Å². The van der Waals surface area contributed by atoms with E-state index in [9.17, 15) is 27.2 Å². The Morgan fingerprint density at radius 1 is 0.468 bits per heavy atom. The molecule has 23 heteroatoms. The Morgan fingerprint density at radius 2 is 0.944 bits per heavy atom. The number of rotatable bonds is 14. The molecule has 15 nitrogen and oxygen atoms in total. The minimum Gasteiger partial charge on any atom is -0.497 e. The number of amides is 2. The van der Waals surface area contributed by atoms with Gasteiger partial charge in [-0.3, -0.25) is 14.7 Å². The van der Waals surface area contributed by atoms with Gasteiger partial charge in [0.1, 0.15) is 17.6 Å². The van der Waals surface area contributed by atoms with Gasteiger partial charge in [-0.25, -0.2) is 14.0 Å². The molecule has 0 fully saturated rings. The van der Waals surface area contributed by atoms with E-state index in [0.717, 1.165) is 156 Å². The van der Waals surface area contributed by atoms with Crippen molar-refractivity contribution < 1.29 is 41.4 Å². The zero-order valence-electron chi connectivity index (χ0n) is 69.9. The highest BCUT2D eigenvalue weighted by atomic mass is 79.9. The number of methoxy groups -OCH3 is 1. The summed E-state index contributed by atoms with van der Waals surface area (Å²) in [6, 6.07) is 72.5. The van der Waals surface area contributed by atoms with Crippen molar-refractivity contribution in [1.29, 1.82) is 0 Å². The quantitative estimate of drug-likeness (QED) is 0.0416. The molecule has 5 aromatic heterocycles. The van der Waals surface area contributed by atoms with E-state index < -0.39 is 11.7 Å². The molecule has 15 aromatic rings. The molecule has 10 aromatic carbocycles. The fourth-order valence-electron chi connectivity index (χ4n) is 18.6. The third kappa shape index (κ3) is 19.1. The molecule has 124 heavy (non-hydrogen) atoms. The Morgan fingerprint density at radius 3 is 1.51 bits per heavy atom. The first-order valence-electron chi connectivity index (χ1n) is 42.7. The van der Waals surface area contributed by atoms with Crippen LogP contribution in [0.1, 0.15) is 172 Å². The number of aromatic amines is 5. The van der Waals surface area contributed by atoms with Crippen LogP contribution in [0.4, 0.5) is 27.2 Å². The van der Waals surface area contributed by atoms with E-state index in [1.807, 2.05) is 104 Å². The smallest absolute Gasteiger partial charge is 0.416 e. The van der Waals surface area contributed by atoms with Crippen LogP contribution in [-0.2, 0) is 60.7 Å². The van der Waals surface area contributed by atoms with Crippen LogP contribution in [0.2, 0.25) is 10.0 Å². The minimum atomic E-state index is -4.33. The lowest BCUT2D eigenvalue weighted by molar-refractivity contribution is -0.137. The summed E-state index contributed by atoms with van der Waals surface area (Å²) < 4.78 is 70.8. The summed E-state index contributed by atoms with van der Waals surface area (Å²) in [6.07, 6.45) is 5.38. The number of hydrogen-bond donors (Lipinski definition) is 7. The molecule has 5 aliphatic heterocycles. The lowest BCUT2D eigenvalue weighted by Crippen LogP contribution is -2.41. The van der Waals surface area contributed by atoms with Gasteiger partial charge in [-0.05, 0) is 237 Å². The van der Waals surface area contributed by atoms with Crippen LogP contribution >= 0.6 is 55.1 Å². The first-order chi connectivity index (χ1) is 60.2. The van der Waals surface area contributed by atoms with Gasteiger partial charge < -0.3 is 49.8 Å². The molecule has 2 amide bonds. The molecule has 0 radical (unpaired) electrons. The zero-order chi connectivity index (χ0) is 86.3. The van der Waals surface area contributed by atoms with Crippen molar-refractivity contribution in [2.75, 3.05) is 53.0 Å². The number of hydrogen-bond acceptors (Lipinski definition) is 8. The average molecular weight is 1840 g/mol. The SMILES string of the molecule is CCCCCC1c2[nH]c3ccc(Cl)cc3c2CCN1Cc1ccccc1.CCOC(=O)N1CCc2c([nH]c3ccc(Br)cc23)C1Cc1ccccc1.CCOC(=O)N1CCc2c([nH]c3ccc(F)cc23)C1c1ccc(C)cc1.COc1cccc(C2NCCc3c2[nH]c2ccc(Cl)cc32)c1.FC(F)(F)c1cccc(C2NCCc3c2[nH]c2ccc(Br)cc32)c1. The maximum Gasteiger partial charge on any atom is 0.416 e. The van der Waals surface area contributed by atoms with Crippen LogP contribution in [0.25, 0.3) is 54.5 Å². The molecule has 7 N–H and O–H groups in total. The Hall–Kier alpha value is -10.6. The van der Waals surface area contributed by atoms with Crippen molar-refractivity contribution >= 4 is 122 Å². The highest BCUT2D eigenvalue weighted by Gasteiger charge is 2.39. The first-order valence-corrected chi connectivity index (χ1v) is 45.1. The molecule has 0 spiro atoms. The maximum absolute atomic E-state index is 13.8. The summed E-state index contributed by atoms with van der Waals surface area (Å²) in [6.45, 7) is 13.7. The molecule has 0 aliphatic carbocycles. The number of H-pyrrole nitrogens is 5. The molecule has 5 atom stereocenters. The van der Waals surface area contributed by atoms with E-state index in [2.05, 4.69) is 176 Å². The summed E-state index contributed by atoms with van der Waals surface area (Å²) in [7, 11) is 1.70. The number of alkyl halides is 3.